The number of benzene rings is 2. The summed E-state index contributed by atoms with van der Waals surface area (Å²) in [7, 11) is -3.74. The number of carbonyl (C=O) groups is 2. The van der Waals surface area contributed by atoms with Gasteiger partial charge in [-0.3, -0.25) is 24.2 Å². The number of hydrogen-bond acceptors (Lipinski definition) is 5. The lowest BCUT2D eigenvalue weighted by Crippen LogP contribution is -2.29. The summed E-state index contributed by atoms with van der Waals surface area (Å²) in [6, 6.07) is 16.2. The maximum absolute atomic E-state index is 12.6. The van der Waals surface area contributed by atoms with E-state index in [2.05, 4.69) is 9.71 Å². The molecule has 0 bridgehead atoms. The van der Waals surface area contributed by atoms with Crippen molar-refractivity contribution in [3.63, 3.8) is 0 Å². The summed E-state index contributed by atoms with van der Waals surface area (Å²) in [5.41, 5.74) is 2.55. The van der Waals surface area contributed by atoms with Crippen LogP contribution in [-0.2, 0) is 16.6 Å². The van der Waals surface area contributed by atoms with Crippen molar-refractivity contribution in [2.24, 2.45) is 0 Å². The molecule has 0 unspecified atom stereocenters. The van der Waals surface area contributed by atoms with E-state index < -0.39 is 21.8 Å². The summed E-state index contributed by atoms with van der Waals surface area (Å²) in [4.78, 5) is 30.0. The number of rotatable bonds is 5. The van der Waals surface area contributed by atoms with E-state index in [1.807, 2.05) is 19.1 Å². The minimum Gasteiger partial charge on any atom is -0.280 e. The van der Waals surface area contributed by atoms with E-state index >= 15 is 0 Å². The van der Waals surface area contributed by atoms with E-state index in [1.54, 1.807) is 36.4 Å². The number of aryl methyl sites for hydroxylation is 1. The van der Waals surface area contributed by atoms with Crippen LogP contribution in [0, 0.1) is 6.92 Å². The van der Waals surface area contributed by atoms with Gasteiger partial charge in [-0.05, 0) is 48.9 Å². The van der Waals surface area contributed by atoms with Gasteiger partial charge in [-0.1, -0.05) is 29.8 Å². The molecule has 29 heavy (non-hydrogen) atoms. The topological polar surface area (TPSA) is 96.4 Å². The fourth-order valence-corrected chi connectivity index (χ4v) is 4.11. The Morgan fingerprint density at radius 3 is 2.28 bits per heavy atom. The van der Waals surface area contributed by atoms with Gasteiger partial charge in [0.25, 0.3) is 21.8 Å². The van der Waals surface area contributed by atoms with E-state index in [-0.39, 0.29) is 22.7 Å². The summed E-state index contributed by atoms with van der Waals surface area (Å²) in [6.45, 7) is 1.96. The summed E-state index contributed by atoms with van der Waals surface area (Å²) < 4.78 is 27.6. The van der Waals surface area contributed by atoms with Crippen molar-refractivity contribution in [2.45, 2.75) is 18.4 Å². The fraction of sp³-hybridized carbons (Fsp3) is 0.0952. The summed E-state index contributed by atoms with van der Waals surface area (Å²) in [5.74, 6) is -0.862. The van der Waals surface area contributed by atoms with Gasteiger partial charge in [0.1, 0.15) is 5.69 Å². The van der Waals surface area contributed by atoms with Crippen molar-refractivity contribution in [3.8, 4) is 0 Å². The van der Waals surface area contributed by atoms with E-state index in [1.165, 1.54) is 18.3 Å². The van der Waals surface area contributed by atoms with Crippen LogP contribution >= 0.6 is 0 Å². The zero-order valence-electron chi connectivity index (χ0n) is 15.5. The van der Waals surface area contributed by atoms with Crippen LogP contribution in [0.4, 0.5) is 5.69 Å². The molecule has 4 rings (SSSR count). The van der Waals surface area contributed by atoms with Crippen LogP contribution in [0.2, 0.25) is 0 Å². The number of nitrogens with one attached hydrogen (secondary N) is 1. The molecular formula is C21H17N3O4S. The third kappa shape index (κ3) is 3.62. The lowest BCUT2D eigenvalue weighted by molar-refractivity contribution is 0.0640. The van der Waals surface area contributed by atoms with Crippen LogP contribution < -0.4 is 4.72 Å². The average Bonchev–Trinajstić information content (AvgIpc) is 2.95. The zero-order chi connectivity index (χ0) is 20.6. The minimum atomic E-state index is -3.74. The van der Waals surface area contributed by atoms with Crippen LogP contribution in [0.15, 0.2) is 71.8 Å². The summed E-state index contributed by atoms with van der Waals surface area (Å²) >= 11 is 0. The Morgan fingerprint density at radius 1 is 0.931 bits per heavy atom. The van der Waals surface area contributed by atoms with E-state index in [0.717, 1.165) is 10.5 Å². The number of sulfonamides is 1. The Labute approximate surface area is 168 Å². The Bertz CT molecular complexity index is 1170. The van der Waals surface area contributed by atoms with Crippen LogP contribution in [0.3, 0.4) is 0 Å². The van der Waals surface area contributed by atoms with Gasteiger partial charge in [0.2, 0.25) is 0 Å². The van der Waals surface area contributed by atoms with Gasteiger partial charge in [-0.15, -0.1) is 0 Å². The standard InChI is InChI=1S/C21H17N3O4S/c1-14-4-8-16(9-5-14)23-29(27,28)17-10-6-15(7-11-17)13-24-20(25)18-3-2-12-22-19(18)21(24)26/h2-12,23H,13H2,1H3. The normalized spacial score (nSPS) is 13.5. The SMILES string of the molecule is Cc1ccc(NS(=O)(=O)c2ccc(CN3C(=O)c4cccnc4C3=O)cc2)cc1. The molecular weight excluding hydrogens is 390 g/mol. The second-order valence-corrected chi connectivity index (χ2v) is 8.39. The number of amides is 2. The predicted octanol–water partition coefficient (Wildman–Crippen LogP) is 2.99. The van der Waals surface area contributed by atoms with Gasteiger partial charge < -0.3 is 0 Å². The minimum absolute atomic E-state index is 0.0414. The number of hydrogen-bond donors (Lipinski definition) is 1. The highest BCUT2D eigenvalue weighted by Crippen LogP contribution is 2.23. The molecule has 146 valence electrons. The van der Waals surface area contributed by atoms with Gasteiger partial charge in [-0.2, -0.15) is 0 Å². The Balaban J connectivity index is 1.50. The molecule has 7 nitrogen and oxygen atoms in total. The molecule has 1 N–H and O–H groups in total. The summed E-state index contributed by atoms with van der Waals surface area (Å²) in [5, 5.41) is 0. The molecule has 2 heterocycles. The molecule has 3 aromatic rings. The second-order valence-electron chi connectivity index (χ2n) is 6.71. The highest BCUT2D eigenvalue weighted by Gasteiger charge is 2.36. The first kappa shape index (κ1) is 18.8. The largest absolute Gasteiger partial charge is 0.280 e. The van der Waals surface area contributed by atoms with Crippen molar-refractivity contribution in [1.29, 1.82) is 0 Å². The van der Waals surface area contributed by atoms with Crippen LogP contribution in [0.5, 0.6) is 0 Å². The number of carbonyl (C=O) groups excluding carboxylic acids is 2. The molecule has 1 aliphatic heterocycles. The first-order valence-electron chi connectivity index (χ1n) is 8.85. The quantitative estimate of drug-likeness (QED) is 0.656. The molecule has 0 spiro atoms. The fourth-order valence-electron chi connectivity index (χ4n) is 3.05. The second kappa shape index (κ2) is 7.14. The first-order chi connectivity index (χ1) is 13.8. The van der Waals surface area contributed by atoms with Gasteiger partial charge in [0.05, 0.1) is 17.0 Å². The third-order valence-corrected chi connectivity index (χ3v) is 6.01. The van der Waals surface area contributed by atoms with Gasteiger partial charge in [-0.25, -0.2) is 8.42 Å². The first-order valence-corrected chi connectivity index (χ1v) is 10.3. The molecule has 0 atom stereocenters. The zero-order valence-corrected chi connectivity index (χ0v) is 16.3. The smallest absolute Gasteiger partial charge is 0.280 e. The van der Waals surface area contributed by atoms with E-state index in [0.29, 0.717) is 11.3 Å². The molecule has 1 aromatic heterocycles. The molecule has 1 aliphatic rings. The highest BCUT2D eigenvalue weighted by atomic mass is 32.2. The van der Waals surface area contributed by atoms with Crippen molar-refractivity contribution < 1.29 is 18.0 Å². The van der Waals surface area contributed by atoms with E-state index in [4.69, 9.17) is 0 Å². The van der Waals surface area contributed by atoms with Gasteiger partial charge >= 0.3 is 0 Å². The van der Waals surface area contributed by atoms with Gasteiger partial charge in [0.15, 0.2) is 0 Å². The van der Waals surface area contributed by atoms with Crippen LogP contribution in [-0.4, -0.2) is 30.1 Å². The van der Waals surface area contributed by atoms with E-state index in [9.17, 15) is 18.0 Å². The Kier molecular flexibility index (Phi) is 4.63. The monoisotopic (exact) mass is 407 g/mol. The van der Waals surface area contributed by atoms with Crippen LogP contribution in [0.25, 0.3) is 0 Å². The number of pyridine rings is 1. The summed E-state index contributed by atoms with van der Waals surface area (Å²) in [6.07, 6.45) is 1.47. The molecule has 2 amide bonds. The average molecular weight is 407 g/mol. The maximum atomic E-state index is 12.6. The Morgan fingerprint density at radius 2 is 1.62 bits per heavy atom. The van der Waals surface area contributed by atoms with Crippen molar-refractivity contribution in [3.05, 3.63) is 89.2 Å². The number of imide groups is 1. The maximum Gasteiger partial charge on any atom is 0.280 e. The highest BCUT2D eigenvalue weighted by molar-refractivity contribution is 7.92. The number of aromatic nitrogens is 1. The van der Waals surface area contributed by atoms with Crippen LogP contribution in [0.1, 0.15) is 32.0 Å². The molecule has 0 radical (unpaired) electrons. The number of nitrogens with zero attached hydrogens (tertiary/aromatic N) is 2. The third-order valence-electron chi connectivity index (χ3n) is 4.61. The molecule has 8 heteroatoms. The number of fused-ring (bicyclic) bond motifs is 1. The lowest BCUT2D eigenvalue weighted by Gasteiger charge is -2.14. The molecule has 0 saturated carbocycles. The van der Waals surface area contributed by atoms with Gasteiger partial charge in [0, 0.05) is 11.9 Å². The van der Waals surface area contributed by atoms with Crippen molar-refractivity contribution in [2.75, 3.05) is 4.72 Å². The van der Waals surface area contributed by atoms with Crippen molar-refractivity contribution >= 4 is 27.5 Å². The molecule has 2 aromatic carbocycles. The predicted molar refractivity (Wildman–Crippen MR) is 107 cm³/mol. The number of anilines is 1. The molecule has 0 fully saturated rings. The molecule has 0 saturated heterocycles. The molecule has 0 aliphatic carbocycles. The lowest BCUT2D eigenvalue weighted by atomic mass is 10.2. The van der Waals surface area contributed by atoms with Crippen molar-refractivity contribution in [1.82, 2.24) is 9.88 Å². The Hall–Kier alpha value is -3.52.